The van der Waals surface area contributed by atoms with Gasteiger partial charge in [-0.15, -0.1) is 0 Å². The molecule has 4 aromatic rings. The normalized spacial score (nSPS) is 18.9. The third-order valence-corrected chi connectivity index (χ3v) is 6.58. The first-order chi connectivity index (χ1) is 17.6. The number of hydrogen-bond donors (Lipinski definition) is 3. The van der Waals surface area contributed by atoms with Gasteiger partial charge in [0, 0.05) is 36.0 Å². The third kappa shape index (κ3) is 5.05. The molecule has 3 aromatic heterocycles. The average molecular weight is 495 g/mol. The summed E-state index contributed by atoms with van der Waals surface area (Å²) in [5, 5.41) is 32.4. The van der Waals surface area contributed by atoms with Crippen molar-refractivity contribution in [2.24, 2.45) is 0 Å². The maximum atomic E-state index is 14.0. The van der Waals surface area contributed by atoms with Crippen molar-refractivity contribution in [1.29, 1.82) is 0 Å². The molecule has 0 unspecified atom stereocenters. The molecule has 0 spiro atoms. The van der Waals surface area contributed by atoms with Gasteiger partial charge in [0.2, 0.25) is 0 Å². The molecule has 0 bridgehead atoms. The van der Waals surface area contributed by atoms with Crippen molar-refractivity contribution in [1.82, 2.24) is 24.5 Å². The van der Waals surface area contributed by atoms with Crippen molar-refractivity contribution in [3.63, 3.8) is 0 Å². The van der Waals surface area contributed by atoms with Crippen molar-refractivity contribution in [2.75, 3.05) is 18.5 Å². The molecule has 0 aliphatic heterocycles. The number of ether oxygens (including phenoxy) is 1. The number of anilines is 1. The number of nitrogens with one attached hydrogen (secondary N) is 1. The molecule has 1 aromatic carbocycles. The number of para-hydroxylation sites is 1. The lowest BCUT2D eigenvalue weighted by molar-refractivity contribution is 0.0783. The van der Waals surface area contributed by atoms with Crippen LogP contribution in [-0.2, 0) is 6.54 Å². The first-order valence-corrected chi connectivity index (χ1v) is 12.4. The lowest BCUT2D eigenvalue weighted by atomic mass is 9.93. The minimum atomic E-state index is -0.877. The van der Waals surface area contributed by atoms with E-state index in [4.69, 9.17) is 14.9 Å². The Bertz CT molecular complexity index is 1310. The second kappa shape index (κ2) is 10.6. The predicted molar refractivity (Wildman–Crippen MR) is 134 cm³/mol. The maximum Gasteiger partial charge on any atom is 0.165 e. The van der Waals surface area contributed by atoms with Gasteiger partial charge in [0.15, 0.2) is 11.6 Å². The van der Waals surface area contributed by atoms with E-state index in [9.17, 15) is 9.50 Å². The van der Waals surface area contributed by atoms with Gasteiger partial charge in [-0.2, -0.15) is 10.2 Å². The number of aliphatic hydroxyl groups excluding tert-OH is 2. The van der Waals surface area contributed by atoms with Crippen LogP contribution in [0.4, 0.5) is 10.2 Å². The van der Waals surface area contributed by atoms with Crippen LogP contribution in [0.3, 0.4) is 0 Å². The largest absolute Gasteiger partial charge is 0.487 e. The minimum absolute atomic E-state index is 0.0328. The van der Waals surface area contributed by atoms with Crippen LogP contribution in [0.1, 0.15) is 38.6 Å². The summed E-state index contributed by atoms with van der Waals surface area (Å²) in [7, 11) is 0. The van der Waals surface area contributed by atoms with Gasteiger partial charge in [0.1, 0.15) is 11.5 Å². The summed E-state index contributed by atoms with van der Waals surface area (Å²) < 4.78 is 23.7. The summed E-state index contributed by atoms with van der Waals surface area (Å²) in [6.45, 7) is 2.66. The van der Waals surface area contributed by atoms with E-state index < -0.39 is 6.10 Å². The summed E-state index contributed by atoms with van der Waals surface area (Å²) in [6, 6.07) is 8.73. The van der Waals surface area contributed by atoms with Crippen LogP contribution in [0.15, 0.2) is 48.9 Å². The molecule has 1 fully saturated rings. The van der Waals surface area contributed by atoms with Crippen LogP contribution in [-0.4, -0.2) is 60.1 Å². The molecule has 10 heteroatoms. The Morgan fingerprint density at radius 2 is 2.00 bits per heavy atom. The quantitative estimate of drug-likeness (QED) is 0.325. The van der Waals surface area contributed by atoms with Gasteiger partial charge in [-0.05, 0) is 44.7 Å². The van der Waals surface area contributed by atoms with E-state index in [2.05, 4.69) is 20.1 Å². The molecule has 1 atom stereocenters. The molecule has 9 nitrogen and oxygen atoms in total. The van der Waals surface area contributed by atoms with Crippen LogP contribution in [0.2, 0.25) is 0 Å². The molecule has 3 N–H and O–H groups in total. The number of rotatable bonds is 9. The number of benzene rings is 1. The predicted octanol–water partition coefficient (Wildman–Crippen LogP) is 3.78. The highest BCUT2D eigenvalue weighted by molar-refractivity contribution is 5.93. The number of aliphatic hydroxyl groups is 2. The topological polar surface area (TPSA) is 110 Å². The van der Waals surface area contributed by atoms with Gasteiger partial charge in [-0.1, -0.05) is 12.1 Å². The zero-order valence-electron chi connectivity index (χ0n) is 20.2. The second-order valence-corrected chi connectivity index (χ2v) is 9.18. The maximum absolute atomic E-state index is 14.0. The lowest BCUT2D eigenvalue weighted by Crippen LogP contribution is -2.26. The van der Waals surface area contributed by atoms with Gasteiger partial charge in [0.05, 0.1) is 43.1 Å². The Kier molecular flexibility index (Phi) is 7.15. The Morgan fingerprint density at radius 3 is 2.75 bits per heavy atom. The van der Waals surface area contributed by atoms with E-state index in [0.717, 1.165) is 60.2 Å². The first kappa shape index (κ1) is 24.2. The van der Waals surface area contributed by atoms with E-state index in [0.29, 0.717) is 5.75 Å². The highest BCUT2D eigenvalue weighted by Gasteiger charge is 2.27. The summed E-state index contributed by atoms with van der Waals surface area (Å²) in [6.07, 6.45) is 7.78. The molecule has 190 valence electrons. The Balaban J connectivity index is 1.41. The van der Waals surface area contributed by atoms with E-state index in [1.165, 1.54) is 6.07 Å². The summed E-state index contributed by atoms with van der Waals surface area (Å²) >= 11 is 0. The van der Waals surface area contributed by atoms with Crippen LogP contribution in [0.25, 0.3) is 22.2 Å². The van der Waals surface area contributed by atoms with Crippen molar-refractivity contribution in [3.05, 3.63) is 54.7 Å². The highest BCUT2D eigenvalue weighted by atomic mass is 19.1. The van der Waals surface area contributed by atoms with Crippen LogP contribution in [0.5, 0.6) is 5.75 Å². The molecule has 1 saturated carbocycles. The van der Waals surface area contributed by atoms with Crippen LogP contribution < -0.4 is 10.1 Å². The zero-order valence-corrected chi connectivity index (χ0v) is 20.2. The molecule has 1 aliphatic carbocycles. The fourth-order valence-corrected chi connectivity index (χ4v) is 4.79. The van der Waals surface area contributed by atoms with Crippen molar-refractivity contribution in [2.45, 2.75) is 57.4 Å². The second-order valence-electron chi connectivity index (χ2n) is 9.18. The SMILES string of the molecule is CCNc1cc2c(cn1)c(-c1cnn(C[C@H](O)CO)c1)nn2C1CCC(Oc2ccccc2F)CC1. The Morgan fingerprint density at radius 1 is 1.19 bits per heavy atom. The zero-order chi connectivity index (χ0) is 25.1. The summed E-state index contributed by atoms with van der Waals surface area (Å²) in [5.41, 5.74) is 2.58. The van der Waals surface area contributed by atoms with Crippen LogP contribution in [0, 0.1) is 5.82 Å². The third-order valence-electron chi connectivity index (χ3n) is 6.58. The standard InChI is InChI=1S/C26H31FN6O3/c1-2-28-25-11-23-21(13-29-25)26(17-12-30-32(14-17)15-19(35)16-34)31-33(23)18-7-9-20(10-8-18)36-24-6-4-3-5-22(24)27/h3-6,11-14,18-20,34-35H,2,7-10,15-16H2,1H3,(H,28,29)/t18?,19-,20?/m0/s1. The number of nitrogens with zero attached hydrogens (tertiary/aromatic N) is 5. The van der Waals surface area contributed by atoms with Gasteiger partial charge >= 0.3 is 0 Å². The summed E-state index contributed by atoms with van der Waals surface area (Å²) in [4.78, 5) is 4.56. The molecule has 0 saturated heterocycles. The van der Waals surface area contributed by atoms with Crippen LogP contribution >= 0.6 is 0 Å². The van der Waals surface area contributed by atoms with E-state index in [1.54, 1.807) is 29.1 Å². The van der Waals surface area contributed by atoms with Crippen molar-refractivity contribution >= 4 is 16.7 Å². The fourth-order valence-electron chi connectivity index (χ4n) is 4.79. The Labute approximate surface area is 208 Å². The number of fused-ring (bicyclic) bond motifs is 1. The summed E-state index contributed by atoms with van der Waals surface area (Å²) in [5.74, 6) is 0.756. The molecule has 1 aliphatic rings. The minimum Gasteiger partial charge on any atom is -0.487 e. The van der Waals surface area contributed by atoms with Crippen molar-refractivity contribution in [3.8, 4) is 17.0 Å². The molecule has 0 radical (unpaired) electrons. The monoisotopic (exact) mass is 494 g/mol. The fraction of sp³-hybridized carbons (Fsp3) is 0.423. The van der Waals surface area contributed by atoms with Gasteiger partial charge in [-0.3, -0.25) is 9.36 Å². The molecule has 3 heterocycles. The highest BCUT2D eigenvalue weighted by Crippen LogP contribution is 2.36. The van der Waals surface area contributed by atoms with Gasteiger partial charge in [0.25, 0.3) is 0 Å². The van der Waals surface area contributed by atoms with Gasteiger partial charge < -0.3 is 20.3 Å². The number of hydrogen-bond acceptors (Lipinski definition) is 7. The molecule has 36 heavy (non-hydrogen) atoms. The smallest absolute Gasteiger partial charge is 0.165 e. The van der Waals surface area contributed by atoms with Crippen molar-refractivity contribution < 1.29 is 19.3 Å². The number of aromatic nitrogens is 5. The lowest BCUT2D eigenvalue weighted by Gasteiger charge is -2.29. The number of pyridine rings is 1. The number of halogens is 1. The molecule has 0 amide bonds. The average Bonchev–Trinajstić information content (AvgIpc) is 3.50. The molecule has 5 rings (SSSR count). The van der Waals surface area contributed by atoms with Gasteiger partial charge in [-0.25, -0.2) is 9.37 Å². The molecular formula is C26H31FN6O3. The van der Waals surface area contributed by atoms with E-state index in [-0.39, 0.29) is 31.1 Å². The Hall–Kier alpha value is -3.50. The van der Waals surface area contributed by atoms with E-state index >= 15 is 0 Å². The van der Waals surface area contributed by atoms with E-state index in [1.807, 2.05) is 25.4 Å². The first-order valence-electron chi connectivity index (χ1n) is 12.4. The molecular weight excluding hydrogens is 463 g/mol.